The van der Waals surface area contributed by atoms with Gasteiger partial charge in [0, 0.05) is 23.6 Å². The van der Waals surface area contributed by atoms with E-state index in [0.717, 1.165) is 11.1 Å². The van der Waals surface area contributed by atoms with Gasteiger partial charge in [0.1, 0.15) is 17.0 Å². The molecule has 1 amide bonds. The molecule has 4 aromatic rings. The van der Waals surface area contributed by atoms with Crippen LogP contribution in [0.15, 0.2) is 47.0 Å². The Hall–Kier alpha value is -4.38. The molecule has 0 aliphatic carbocycles. The van der Waals surface area contributed by atoms with Gasteiger partial charge in [-0.3, -0.25) is 4.79 Å². The van der Waals surface area contributed by atoms with Crippen LogP contribution in [0.3, 0.4) is 0 Å². The van der Waals surface area contributed by atoms with Crippen molar-refractivity contribution in [1.29, 1.82) is 0 Å². The average molecular weight is 539 g/mol. The molecule has 0 spiro atoms. The van der Waals surface area contributed by atoms with Crippen LogP contribution in [0.1, 0.15) is 24.0 Å². The van der Waals surface area contributed by atoms with Crippen LogP contribution in [0, 0.1) is 13.8 Å². The van der Waals surface area contributed by atoms with Gasteiger partial charge in [0.2, 0.25) is 5.89 Å². The first-order chi connectivity index (χ1) is 18.3. The Bertz CT molecular complexity index is 1500. The Morgan fingerprint density at radius 1 is 1.18 bits per heavy atom. The van der Waals surface area contributed by atoms with Gasteiger partial charge in [-0.2, -0.15) is 4.98 Å². The third kappa shape index (κ3) is 5.47. The zero-order chi connectivity index (χ0) is 26.8. The van der Waals surface area contributed by atoms with Crippen LogP contribution in [-0.4, -0.2) is 56.4 Å². The van der Waals surface area contributed by atoms with Gasteiger partial charge < -0.3 is 28.6 Å². The van der Waals surface area contributed by atoms with Crippen molar-refractivity contribution in [2.45, 2.75) is 32.9 Å². The van der Waals surface area contributed by atoms with Gasteiger partial charge in [-0.25, -0.2) is 14.8 Å². The van der Waals surface area contributed by atoms with Gasteiger partial charge >= 0.3 is 12.2 Å². The van der Waals surface area contributed by atoms with Crippen LogP contribution in [-0.2, 0) is 9.53 Å². The van der Waals surface area contributed by atoms with E-state index in [1.165, 1.54) is 11.1 Å². The second kappa shape index (κ2) is 10.5. The highest BCUT2D eigenvalue weighted by Crippen LogP contribution is 2.32. The number of halogens is 1. The molecule has 1 atom stereocenters. The molecule has 38 heavy (non-hydrogen) atoms. The summed E-state index contributed by atoms with van der Waals surface area (Å²) in [6, 6.07) is 10.6. The molecule has 1 aliphatic rings. The topological polar surface area (TPSA) is 137 Å². The third-order valence-electron chi connectivity index (χ3n) is 5.94. The van der Waals surface area contributed by atoms with E-state index in [0.29, 0.717) is 52.9 Å². The van der Waals surface area contributed by atoms with E-state index < -0.39 is 12.4 Å². The van der Waals surface area contributed by atoms with Gasteiger partial charge in [0.15, 0.2) is 12.8 Å². The molecule has 5 rings (SSSR count). The SMILES string of the molecule is Cc1cc(-c2nc3cnc(Oc4cccc(Cl)c4)nc3o2)cc(C)c1OCC(=O)N1CCC[C@@H]1OC(=O)O. The van der Waals surface area contributed by atoms with Crippen LogP contribution >= 0.6 is 11.6 Å². The molecule has 2 aromatic heterocycles. The van der Waals surface area contributed by atoms with Gasteiger partial charge in [-0.05, 0) is 61.7 Å². The average Bonchev–Trinajstić information content (AvgIpc) is 3.49. The number of ether oxygens (including phenoxy) is 3. The lowest BCUT2D eigenvalue weighted by molar-refractivity contribution is -0.141. The first-order valence-corrected chi connectivity index (χ1v) is 12.1. The van der Waals surface area contributed by atoms with E-state index in [4.69, 9.17) is 35.3 Å². The molecule has 1 aliphatic heterocycles. The largest absolute Gasteiger partial charge is 0.507 e. The second-order valence-electron chi connectivity index (χ2n) is 8.72. The van der Waals surface area contributed by atoms with E-state index >= 15 is 0 Å². The first kappa shape index (κ1) is 25.3. The predicted molar refractivity (Wildman–Crippen MR) is 135 cm³/mol. The van der Waals surface area contributed by atoms with Crippen molar-refractivity contribution < 1.29 is 33.3 Å². The molecule has 0 unspecified atom stereocenters. The normalized spacial score (nSPS) is 15.0. The maximum atomic E-state index is 12.7. The van der Waals surface area contributed by atoms with E-state index in [9.17, 15) is 9.59 Å². The summed E-state index contributed by atoms with van der Waals surface area (Å²) in [5.41, 5.74) is 2.96. The van der Waals surface area contributed by atoms with Crippen molar-refractivity contribution >= 4 is 34.9 Å². The zero-order valence-electron chi connectivity index (χ0n) is 20.5. The summed E-state index contributed by atoms with van der Waals surface area (Å²) in [4.78, 5) is 37.9. The van der Waals surface area contributed by atoms with Crippen molar-refractivity contribution in [3.63, 3.8) is 0 Å². The van der Waals surface area contributed by atoms with Crippen LogP contribution < -0.4 is 9.47 Å². The zero-order valence-corrected chi connectivity index (χ0v) is 21.3. The van der Waals surface area contributed by atoms with Crippen LogP contribution in [0.5, 0.6) is 17.5 Å². The maximum absolute atomic E-state index is 12.7. The fourth-order valence-corrected chi connectivity index (χ4v) is 4.49. The number of fused-ring (bicyclic) bond motifs is 1. The molecule has 3 heterocycles. The smallest absolute Gasteiger partial charge is 0.483 e. The predicted octanol–water partition coefficient (Wildman–Crippen LogP) is 5.37. The van der Waals surface area contributed by atoms with Crippen LogP contribution in [0.2, 0.25) is 5.02 Å². The number of hydrogen-bond acceptors (Lipinski definition) is 9. The highest BCUT2D eigenvalue weighted by molar-refractivity contribution is 6.30. The Labute approximate surface area is 221 Å². The number of rotatable bonds is 7. The molecule has 12 heteroatoms. The summed E-state index contributed by atoms with van der Waals surface area (Å²) < 4.78 is 22.2. The fraction of sp³-hybridized carbons (Fsp3) is 0.269. The Morgan fingerprint density at radius 3 is 2.71 bits per heavy atom. The first-order valence-electron chi connectivity index (χ1n) is 11.8. The van der Waals surface area contributed by atoms with E-state index in [1.807, 2.05) is 26.0 Å². The fourth-order valence-electron chi connectivity index (χ4n) is 4.31. The molecule has 1 saturated heterocycles. The lowest BCUT2D eigenvalue weighted by atomic mass is 10.1. The van der Waals surface area contributed by atoms with E-state index in [-0.39, 0.29) is 24.2 Å². The van der Waals surface area contributed by atoms with Gasteiger partial charge in [0.25, 0.3) is 11.6 Å². The number of likely N-dealkylation sites (tertiary alicyclic amines) is 1. The van der Waals surface area contributed by atoms with Crippen molar-refractivity contribution in [1.82, 2.24) is 19.9 Å². The molecular formula is C26H23ClN4O7. The Balaban J connectivity index is 1.30. The minimum absolute atomic E-state index is 0.0947. The molecule has 2 aromatic carbocycles. The van der Waals surface area contributed by atoms with Gasteiger partial charge in [-0.1, -0.05) is 17.7 Å². The van der Waals surface area contributed by atoms with E-state index in [2.05, 4.69) is 15.0 Å². The summed E-state index contributed by atoms with van der Waals surface area (Å²) in [7, 11) is 0. The van der Waals surface area contributed by atoms with Crippen LogP contribution in [0.4, 0.5) is 4.79 Å². The number of oxazole rings is 1. The molecule has 11 nitrogen and oxygen atoms in total. The minimum Gasteiger partial charge on any atom is -0.483 e. The van der Waals surface area contributed by atoms with Crippen LogP contribution in [0.25, 0.3) is 22.7 Å². The monoisotopic (exact) mass is 538 g/mol. The number of aromatic nitrogens is 3. The molecule has 0 bridgehead atoms. The summed E-state index contributed by atoms with van der Waals surface area (Å²) in [6.07, 6.45) is 0.449. The lowest BCUT2D eigenvalue weighted by Gasteiger charge is -2.23. The van der Waals surface area contributed by atoms with Crippen molar-refractivity contribution in [3.8, 4) is 29.0 Å². The molecule has 1 fully saturated rings. The number of hydrogen-bond donors (Lipinski definition) is 1. The molecule has 0 saturated carbocycles. The highest BCUT2D eigenvalue weighted by atomic mass is 35.5. The minimum atomic E-state index is -1.41. The second-order valence-corrected chi connectivity index (χ2v) is 9.15. The molecular weight excluding hydrogens is 516 g/mol. The Morgan fingerprint density at radius 2 is 1.97 bits per heavy atom. The summed E-state index contributed by atoms with van der Waals surface area (Å²) in [5, 5.41) is 9.41. The van der Waals surface area contributed by atoms with Gasteiger partial charge in [-0.15, -0.1) is 0 Å². The van der Waals surface area contributed by atoms with E-state index in [1.54, 1.807) is 24.3 Å². The summed E-state index contributed by atoms with van der Waals surface area (Å²) in [5.74, 6) is 1.04. The number of carbonyl (C=O) groups excluding carboxylic acids is 1. The molecule has 196 valence electrons. The van der Waals surface area contributed by atoms with Gasteiger partial charge in [0.05, 0.1) is 6.20 Å². The number of nitrogens with zero attached hydrogens (tertiary/aromatic N) is 4. The molecule has 0 radical (unpaired) electrons. The maximum Gasteiger partial charge on any atom is 0.507 e. The standard InChI is InChI=1S/C26H23ClN4O7/c1-14-9-16(10-15(2)22(14)35-13-20(32)31-8-4-7-21(31)37-26(33)34)23-29-19-12-28-25(30-24(19)38-23)36-18-6-3-5-17(27)11-18/h3,5-6,9-12,21H,4,7-8,13H2,1-2H3,(H,33,34)/t21-/m0/s1. The third-order valence-corrected chi connectivity index (χ3v) is 6.17. The number of aryl methyl sites for hydroxylation is 2. The number of carboxylic acid groups (broad SMARTS) is 1. The number of amides is 1. The molecule has 1 N–H and O–H groups in total. The Kier molecular flexibility index (Phi) is 7.01. The summed E-state index contributed by atoms with van der Waals surface area (Å²) >= 11 is 6.00. The summed E-state index contributed by atoms with van der Waals surface area (Å²) in [6.45, 7) is 3.88. The van der Waals surface area contributed by atoms with Crippen molar-refractivity contribution in [3.05, 3.63) is 58.7 Å². The lowest BCUT2D eigenvalue weighted by Crippen LogP contribution is -2.40. The number of benzene rings is 2. The quantitative estimate of drug-likeness (QED) is 0.306. The van der Waals surface area contributed by atoms with Crippen molar-refractivity contribution in [2.24, 2.45) is 0 Å². The number of carbonyl (C=O) groups is 2. The van der Waals surface area contributed by atoms with Crippen molar-refractivity contribution in [2.75, 3.05) is 13.2 Å². The highest BCUT2D eigenvalue weighted by Gasteiger charge is 2.32.